The van der Waals surface area contributed by atoms with E-state index in [2.05, 4.69) is 24.3 Å². The van der Waals surface area contributed by atoms with E-state index in [-0.39, 0.29) is 11.8 Å². The zero-order valence-corrected chi connectivity index (χ0v) is 14.8. The number of hydrogen-bond donors (Lipinski definition) is 1. The number of nitrogens with zero attached hydrogens (tertiary/aromatic N) is 2. The van der Waals surface area contributed by atoms with E-state index in [1.54, 1.807) is 0 Å². The third-order valence-corrected chi connectivity index (χ3v) is 5.28. The van der Waals surface area contributed by atoms with Crippen molar-refractivity contribution in [1.82, 2.24) is 10.2 Å². The van der Waals surface area contributed by atoms with Crippen LogP contribution in [0.1, 0.15) is 58.8 Å². The largest absolute Gasteiger partial charge is 0.382 e. The summed E-state index contributed by atoms with van der Waals surface area (Å²) >= 11 is 0. The summed E-state index contributed by atoms with van der Waals surface area (Å²) in [6, 6.07) is 0.446. The zero-order chi connectivity index (χ0) is 17.1. The van der Waals surface area contributed by atoms with Gasteiger partial charge in [-0.1, -0.05) is 19.0 Å². The van der Waals surface area contributed by atoms with Gasteiger partial charge in [-0.25, -0.2) is 0 Å². The lowest BCUT2D eigenvalue weighted by atomic mass is 9.91. The molecule has 3 aliphatic rings. The number of carbonyl (C=O) groups excluding carboxylic acids is 2. The number of likely N-dealkylation sites (tertiary alicyclic amines) is 1. The second kappa shape index (κ2) is 7.53. The van der Waals surface area contributed by atoms with Crippen LogP contribution in [-0.2, 0) is 14.4 Å². The molecule has 134 valence electrons. The molecule has 1 saturated carbocycles. The monoisotopic (exact) mass is 335 g/mol. The number of rotatable bonds is 6. The van der Waals surface area contributed by atoms with Gasteiger partial charge in [0, 0.05) is 32.0 Å². The molecule has 0 bridgehead atoms. The molecular weight excluding hydrogens is 306 g/mol. The molecule has 6 heteroatoms. The molecule has 0 aromatic carbocycles. The lowest BCUT2D eigenvalue weighted by Gasteiger charge is -2.33. The van der Waals surface area contributed by atoms with Crippen LogP contribution in [0.15, 0.2) is 5.16 Å². The van der Waals surface area contributed by atoms with Crippen molar-refractivity contribution in [2.24, 2.45) is 17.0 Å². The van der Waals surface area contributed by atoms with Crippen LogP contribution in [-0.4, -0.2) is 47.7 Å². The minimum atomic E-state index is -0.428. The molecule has 1 atom stereocenters. The molecule has 3 rings (SSSR count). The van der Waals surface area contributed by atoms with Crippen LogP contribution in [0.5, 0.6) is 0 Å². The lowest BCUT2D eigenvalue weighted by Crippen LogP contribution is -2.44. The smallest absolute Gasteiger partial charge is 0.266 e. The molecule has 1 unspecified atom stereocenters. The molecule has 0 spiro atoms. The topological polar surface area (TPSA) is 71.0 Å². The molecule has 2 aliphatic heterocycles. The first kappa shape index (κ1) is 17.2. The van der Waals surface area contributed by atoms with Crippen molar-refractivity contribution in [2.75, 3.05) is 13.1 Å². The Morgan fingerprint density at radius 3 is 2.54 bits per heavy atom. The Kier molecular flexibility index (Phi) is 5.41. The highest BCUT2D eigenvalue weighted by atomic mass is 16.6. The average Bonchev–Trinajstić information content (AvgIpc) is 3.24. The lowest BCUT2D eigenvalue weighted by molar-refractivity contribution is -0.143. The molecule has 0 aromatic heterocycles. The number of oxime groups is 1. The summed E-state index contributed by atoms with van der Waals surface area (Å²) in [4.78, 5) is 31.5. The van der Waals surface area contributed by atoms with Gasteiger partial charge in [0.05, 0.1) is 5.71 Å². The summed E-state index contributed by atoms with van der Waals surface area (Å²) in [7, 11) is 0. The first-order valence-corrected chi connectivity index (χ1v) is 9.33. The predicted octanol–water partition coefficient (Wildman–Crippen LogP) is 2.08. The van der Waals surface area contributed by atoms with Crippen molar-refractivity contribution in [2.45, 2.75) is 70.9 Å². The van der Waals surface area contributed by atoms with Crippen molar-refractivity contribution in [1.29, 1.82) is 0 Å². The standard InChI is InChI=1S/C18H29N3O3/c1-12(2)15-11-16(24-20-15)18(23)21-9-7-13(8-10-21)3-6-17(22)19-14-4-5-14/h12-14,16H,3-11H2,1-2H3,(H,19,22). The van der Waals surface area contributed by atoms with Crippen LogP contribution in [0.4, 0.5) is 0 Å². The van der Waals surface area contributed by atoms with Crippen molar-refractivity contribution >= 4 is 17.5 Å². The van der Waals surface area contributed by atoms with Gasteiger partial charge in [0.2, 0.25) is 12.0 Å². The molecule has 0 radical (unpaired) electrons. The number of carbonyl (C=O) groups is 2. The third-order valence-electron chi connectivity index (χ3n) is 5.28. The van der Waals surface area contributed by atoms with Crippen LogP contribution < -0.4 is 5.32 Å². The van der Waals surface area contributed by atoms with Crippen molar-refractivity contribution in [3.63, 3.8) is 0 Å². The normalized spacial score (nSPS) is 24.7. The van der Waals surface area contributed by atoms with Crippen molar-refractivity contribution in [3.05, 3.63) is 0 Å². The SMILES string of the molecule is CC(C)C1=NOC(C(=O)N2CCC(CCC(=O)NC3CC3)CC2)C1. The number of nitrogens with one attached hydrogen (secondary N) is 1. The van der Waals surface area contributed by atoms with E-state index < -0.39 is 6.10 Å². The summed E-state index contributed by atoms with van der Waals surface area (Å²) < 4.78 is 0. The Morgan fingerprint density at radius 2 is 1.96 bits per heavy atom. The van der Waals surface area contributed by atoms with Gasteiger partial charge in [-0.05, 0) is 43.9 Å². The summed E-state index contributed by atoms with van der Waals surface area (Å²) in [6.07, 6.45) is 5.98. The van der Waals surface area contributed by atoms with Crippen molar-refractivity contribution < 1.29 is 14.4 Å². The molecule has 2 fully saturated rings. The second-order valence-corrected chi connectivity index (χ2v) is 7.68. The van der Waals surface area contributed by atoms with E-state index in [4.69, 9.17) is 4.84 Å². The third kappa shape index (κ3) is 4.48. The second-order valence-electron chi connectivity index (χ2n) is 7.68. The summed E-state index contributed by atoms with van der Waals surface area (Å²) in [6.45, 7) is 5.68. The van der Waals surface area contributed by atoms with E-state index in [1.165, 1.54) is 0 Å². The van der Waals surface area contributed by atoms with Gasteiger partial charge in [-0.3, -0.25) is 9.59 Å². The van der Waals surface area contributed by atoms with Gasteiger partial charge in [0.15, 0.2) is 0 Å². The maximum absolute atomic E-state index is 12.5. The maximum atomic E-state index is 12.5. The molecule has 2 amide bonds. The van der Waals surface area contributed by atoms with E-state index in [1.807, 2.05) is 4.90 Å². The first-order chi connectivity index (χ1) is 11.5. The fraction of sp³-hybridized carbons (Fsp3) is 0.833. The Labute approximate surface area is 144 Å². The van der Waals surface area contributed by atoms with Gasteiger partial charge in [-0.2, -0.15) is 0 Å². The highest BCUT2D eigenvalue weighted by molar-refractivity contribution is 5.93. The highest BCUT2D eigenvalue weighted by Crippen LogP contribution is 2.25. The highest BCUT2D eigenvalue weighted by Gasteiger charge is 2.34. The van der Waals surface area contributed by atoms with Crippen LogP contribution in [0.2, 0.25) is 0 Å². The first-order valence-electron chi connectivity index (χ1n) is 9.33. The van der Waals surface area contributed by atoms with E-state index in [0.717, 1.165) is 50.9 Å². The fourth-order valence-electron chi connectivity index (χ4n) is 3.38. The van der Waals surface area contributed by atoms with Crippen LogP contribution in [0.3, 0.4) is 0 Å². The summed E-state index contributed by atoms with van der Waals surface area (Å²) in [5.41, 5.74) is 0.977. The minimum Gasteiger partial charge on any atom is -0.382 e. The summed E-state index contributed by atoms with van der Waals surface area (Å²) in [5.74, 6) is 1.13. The fourth-order valence-corrected chi connectivity index (χ4v) is 3.38. The Morgan fingerprint density at radius 1 is 1.25 bits per heavy atom. The zero-order valence-electron chi connectivity index (χ0n) is 14.8. The van der Waals surface area contributed by atoms with E-state index >= 15 is 0 Å². The minimum absolute atomic E-state index is 0.0688. The Balaban J connectivity index is 1.35. The number of hydrogen-bond acceptors (Lipinski definition) is 4. The Hall–Kier alpha value is -1.59. The molecule has 1 aliphatic carbocycles. The molecule has 1 saturated heterocycles. The molecule has 0 aromatic rings. The van der Waals surface area contributed by atoms with Crippen LogP contribution in [0, 0.1) is 11.8 Å². The molecule has 6 nitrogen and oxygen atoms in total. The van der Waals surface area contributed by atoms with Gasteiger partial charge in [0.1, 0.15) is 0 Å². The number of amides is 2. The van der Waals surface area contributed by atoms with E-state index in [9.17, 15) is 9.59 Å². The van der Waals surface area contributed by atoms with E-state index in [0.29, 0.717) is 30.7 Å². The van der Waals surface area contributed by atoms with Crippen LogP contribution in [0.25, 0.3) is 0 Å². The van der Waals surface area contributed by atoms with Gasteiger partial charge in [0.25, 0.3) is 5.91 Å². The van der Waals surface area contributed by atoms with Crippen molar-refractivity contribution in [3.8, 4) is 0 Å². The van der Waals surface area contributed by atoms with Crippen LogP contribution >= 0.6 is 0 Å². The predicted molar refractivity (Wildman–Crippen MR) is 91.5 cm³/mol. The average molecular weight is 335 g/mol. The van der Waals surface area contributed by atoms with Gasteiger partial charge >= 0.3 is 0 Å². The maximum Gasteiger partial charge on any atom is 0.266 e. The molecule has 2 heterocycles. The van der Waals surface area contributed by atoms with Gasteiger partial charge in [-0.15, -0.1) is 0 Å². The van der Waals surface area contributed by atoms with Gasteiger partial charge < -0.3 is 15.1 Å². The Bertz CT molecular complexity index is 506. The quantitative estimate of drug-likeness (QED) is 0.808. The summed E-state index contributed by atoms with van der Waals surface area (Å²) in [5, 5.41) is 7.09. The molecule has 24 heavy (non-hydrogen) atoms. The number of piperidine rings is 1. The molecular formula is C18H29N3O3. The molecule has 1 N–H and O–H groups in total.